The molecule has 17 heavy (non-hydrogen) atoms. The van der Waals surface area contributed by atoms with Crippen molar-refractivity contribution in [2.45, 2.75) is 45.2 Å². The van der Waals surface area contributed by atoms with Crippen LogP contribution in [-0.4, -0.2) is 61.7 Å². The van der Waals surface area contributed by atoms with Gasteiger partial charge in [0.15, 0.2) is 0 Å². The maximum Gasteiger partial charge on any atom is 0.0235 e. The molecule has 2 saturated heterocycles. The first-order valence-electron chi connectivity index (χ1n) is 7.33. The van der Waals surface area contributed by atoms with Gasteiger partial charge >= 0.3 is 0 Å². The largest absolute Gasteiger partial charge is 0.319 e. The molecule has 0 aliphatic carbocycles. The summed E-state index contributed by atoms with van der Waals surface area (Å²) in [5.41, 5.74) is 0. The van der Waals surface area contributed by atoms with E-state index in [1.807, 2.05) is 0 Å². The Morgan fingerprint density at radius 2 is 1.82 bits per heavy atom. The summed E-state index contributed by atoms with van der Waals surface area (Å²) in [4.78, 5) is 5.37. The molecule has 2 aliphatic rings. The van der Waals surface area contributed by atoms with E-state index in [1.54, 1.807) is 0 Å². The highest BCUT2D eigenvalue weighted by atomic mass is 15.3. The quantitative estimate of drug-likeness (QED) is 0.800. The molecule has 0 saturated carbocycles. The molecule has 0 spiro atoms. The molecule has 2 aliphatic heterocycles. The lowest BCUT2D eigenvalue weighted by Crippen LogP contribution is -2.44. The Kier molecular flexibility index (Phi) is 4.83. The highest BCUT2D eigenvalue weighted by Crippen LogP contribution is 2.23. The summed E-state index contributed by atoms with van der Waals surface area (Å²) < 4.78 is 0. The maximum absolute atomic E-state index is 3.32. The third-order valence-corrected chi connectivity index (χ3v) is 4.58. The lowest BCUT2D eigenvalue weighted by Gasteiger charge is -2.36. The van der Waals surface area contributed by atoms with Gasteiger partial charge in [-0.3, -0.25) is 9.80 Å². The highest BCUT2D eigenvalue weighted by Gasteiger charge is 2.30. The van der Waals surface area contributed by atoms with Gasteiger partial charge in [0.1, 0.15) is 0 Å². The zero-order valence-electron chi connectivity index (χ0n) is 11.8. The van der Waals surface area contributed by atoms with Gasteiger partial charge in [0.25, 0.3) is 0 Å². The topological polar surface area (TPSA) is 18.5 Å². The molecular formula is C14H29N3. The first-order chi connectivity index (χ1) is 8.20. The Morgan fingerprint density at radius 3 is 2.35 bits per heavy atom. The number of piperidine rings is 1. The average Bonchev–Trinajstić information content (AvgIpc) is 2.80. The summed E-state index contributed by atoms with van der Waals surface area (Å²) >= 11 is 0. The second kappa shape index (κ2) is 6.17. The number of hydrogen-bond donors (Lipinski definition) is 1. The molecule has 3 heteroatoms. The molecule has 0 radical (unpaired) electrons. The van der Waals surface area contributed by atoms with Gasteiger partial charge in [-0.25, -0.2) is 0 Å². The van der Waals surface area contributed by atoms with Crippen molar-refractivity contribution >= 4 is 0 Å². The van der Waals surface area contributed by atoms with Crippen LogP contribution in [0.1, 0.15) is 33.1 Å². The molecule has 0 bridgehead atoms. The van der Waals surface area contributed by atoms with Crippen LogP contribution in [0.4, 0.5) is 0 Å². The molecule has 100 valence electrons. The van der Waals surface area contributed by atoms with Crippen molar-refractivity contribution in [1.82, 2.24) is 15.1 Å². The monoisotopic (exact) mass is 239 g/mol. The summed E-state index contributed by atoms with van der Waals surface area (Å²) in [7, 11) is 2.07. The van der Waals surface area contributed by atoms with E-state index in [4.69, 9.17) is 0 Å². The van der Waals surface area contributed by atoms with Crippen molar-refractivity contribution in [3.8, 4) is 0 Å². The van der Waals surface area contributed by atoms with Crippen molar-refractivity contribution in [1.29, 1.82) is 0 Å². The molecule has 3 nitrogen and oxygen atoms in total. The smallest absolute Gasteiger partial charge is 0.0235 e. The molecule has 1 unspecified atom stereocenters. The van der Waals surface area contributed by atoms with Gasteiger partial charge in [0, 0.05) is 25.2 Å². The van der Waals surface area contributed by atoms with E-state index in [0.29, 0.717) is 0 Å². The summed E-state index contributed by atoms with van der Waals surface area (Å²) in [5, 5.41) is 3.32. The summed E-state index contributed by atoms with van der Waals surface area (Å²) in [6, 6.07) is 1.56. The van der Waals surface area contributed by atoms with Crippen molar-refractivity contribution < 1.29 is 0 Å². The number of nitrogens with one attached hydrogen (secondary N) is 1. The minimum atomic E-state index is 0.724. The Morgan fingerprint density at radius 1 is 1.12 bits per heavy atom. The van der Waals surface area contributed by atoms with Crippen LogP contribution >= 0.6 is 0 Å². The van der Waals surface area contributed by atoms with Crippen LogP contribution in [0.5, 0.6) is 0 Å². The van der Waals surface area contributed by atoms with Crippen LogP contribution in [-0.2, 0) is 0 Å². The normalized spacial score (nSPS) is 29.3. The van der Waals surface area contributed by atoms with Crippen LogP contribution in [0.25, 0.3) is 0 Å². The Bertz CT molecular complexity index is 222. The van der Waals surface area contributed by atoms with Crippen molar-refractivity contribution in [2.24, 2.45) is 5.92 Å². The van der Waals surface area contributed by atoms with Gasteiger partial charge in [-0.05, 0) is 65.7 Å². The number of likely N-dealkylation sites (tertiary alicyclic amines) is 2. The van der Waals surface area contributed by atoms with E-state index >= 15 is 0 Å². The average molecular weight is 239 g/mol. The van der Waals surface area contributed by atoms with Crippen molar-refractivity contribution in [3.63, 3.8) is 0 Å². The highest BCUT2D eigenvalue weighted by molar-refractivity contribution is 4.87. The second-order valence-corrected chi connectivity index (χ2v) is 6.07. The van der Waals surface area contributed by atoms with E-state index in [9.17, 15) is 0 Å². The molecule has 1 atom stereocenters. The Hall–Kier alpha value is -0.120. The van der Waals surface area contributed by atoms with Crippen LogP contribution in [0.3, 0.4) is 0 Å². The van der Waals surface area contributed by atoms with Gasteiger partial charge in [-0.1, -0.05) is 0 Å². The lowest BCUT2D eigenvalue weighted by molar-refractivity contribution is 0.129. The van der Waals surface area contributed by atoms with E-state index in [0.717, 1.165) is 18.0 Å². The van der Waals surface area contributed by atoms with Gasteiger partial charge < -0.3 is 5.32 Å². The third-order valence-electron chi connectivity index (χ3n) is 4.58. The SMILES string of the molecule is CNCC1CCN(C2CCN(C(C)C)C2)CC1. The van der Waals surface area contributed by atoms with Crippen LogP contribution < -0.4 is 5.32 Å². The van der Waals surface area contributed by atoms with Crippen molar-refractivity contribution in [3.05, 3.63) is 0 Å². The number of rotatable bonds is 4. The maximum atomic E-state index is 3.32. The fraction of sp³-hybridized carbons (Fsp3) is 1.00. The standard InChI is InChI=1S/C14H29N3/c1-12(2)17-9-6-14(11-17)16-7-4-13(5-8-16)10-15-3/h12-15H,4-11H2,1-3H3. The fourth-order valence-electron chi connectivity index (χ4n) is 3.35. The molecule has 0 amide bonds. The molecule has 2 rings (SSSR count). The second-order valence-electron chi connectivity index (χ2n) is 6.07. The van der Waals surface area contributed by atoms with Gasteiger partial charge in [0.2, 0.25) is 0 Å². The molecule has 0 aromatic rings. The molecule has 2 heterocycles. The van der Waals surface area contributed by atoms with E-state index in [-0.39, 0.29) is 0 Å². The predicted molar refractivity (Wildman–Crippen MR) is 73.3 cm³/mol. The zero-order chi connectivity index (χ0) is 12.3. The van der Waals surface area contributed by atoms with Crippen molar-refractivity contribution in [2.75, 3.05) is 39.8 Å². The molecule has 0 aromatic carbocycles. The Balaban J connectivity index is 1.74. The fourth-order valence-corrected chi connectivity index (χ4v) is 3.35. The number of hydrogen-bond acceptors (Lipinski definition) is 3. The molecular weight excluding hydrogens is 210 g/mol. The van der Waals surface area contributed by atoms with E-state index in [1.165, 1.54) is 52.0 Å². The molecule has 0 aromatic heterocycles. The molecule has 1 N–H and O–H groups in total. The van der Waals surface area contributed by atoms with E-state index < -0.39 is 0 Å². The van der Waals surface area contributed by atoms with Gasteiger partial charge in [-0.15, -0.1) is 0 Å². The first-order valence-corrected chi connectivity index (χ1v) is 7.33. The summed E-state index contributed by atoms with van der Waals surface area (Å²) in [5.74, 6) is 0.916. The summed E-state index contributed by atoms with van der Waals surface area (Å²) in [6.45, 7) is 11.1. The van der Waals surface area contributed by atoms with Crippen LogP contribution in [0.2, 0.25) is 0 Å². The zero-order valence-corrected chi connectivity index (χ0v) is 11.8. The Labute approximate surface area is 107 Å². The molecule has 2 fully saturated rings. The summed E-state index contributed by atoms with van der Waals surface area (Å²) in [6.07, 6.45) is 4.16. The van der Waals surface area contributed by atoms with Crippen LogP contribution in [0, 0.1) is 5.92 Å². The minimum absolute atomic E-state index is 0.724. The lowest BCUT2D eigenvalue weighted by atomic mass is 9.95. The van der Waals surface area contributed by atoms with Gasteiger partial charge in [-0.2, -0.15) is 0 Å². The third kappa shape index (κ3) is 3.43. The minimum Gasteiger partial charge on any atom is -0.319 e. The van der Waals surface area contributed by atoms with Crippen LogP contribution in [0.15, 0.2) is 0 Å². The number of nitrogens with zero attached hydrogens (tertiary/aromatic N) is 2. The first kappa shape index (κ1) is 13.3. The van der Waals surface area contributed by atoms with E-state index in [2.05, 4.69) is 36.0 Å². The predicted octanol–water partition coefficient (Wildman–Crippen LogP) is 1.40. The van der Waals surface area contributed by atoms with Gasteiger partial charge in [0.05, 0.1) is 0 Å².